The number of carbonyl (C=O) groups excluding carboxylic acids is 2. The van der Waals surface area contributed by atoms with Crippen LogP contribution in [0, 0.1) is 0 Å². The lowest BCUT2D eigenvalue weighted by Gasteiger charge is -2.28. The second kappa shape index (κ2) is 7.52. The van der Waals surface area contributed by atoms with E-state index in [1.54, 1.807) is 16.7 Å². The Morgan fingerprint density at radius 2 is 1.90 bits per heavy atom. The summed E-state index contributed by atoms with van der Waals surface area (Å²) in [5.41, 5.74) is 4.21. The summed E-state index contributed by atoms with van der Waals surface area (Å²) in [5, 5.41) is 0.797. The number of nitrogens with zero attached hydrogens (tertiary/aromatic N) is 2. The summed E-state index contributed by atoms with van der Waals surface area (Å²) in [6.07, 6.45) is 2.68. The fourth-order valence-corrected chi connectivity index (χ4v) is 5.14. The van der Waals surface area contributed by atoms with Crippen LogP contribution in [0.1, 0.15) is 28.0 Å². The van der Waals surface area contributed by atoms with Crippen LogP contribution in [0.2, 0.25) is 0 Å². The molecule has 0 fully saturated rings. The lowest BCUT2D eigenvalue weighted by molar-refractivity contribution is -0.121. The van der Waals surface area contributed by atoms with Gasteiger partial charge in [-0.15, -0.1) is 11.8 Å². The zero-order chi connectivity index (χ0) is 19.8. The number of esters is 1. The van der Waals surface area contributed by atoms with Gasteiger partial charge in [0.1, 0.15) is 0 Å². The number of pyridine rings is 1. The summed E-state index contributed by atoms with van der Waals surface area (Å²) in [5.74, 6) is 0.204. The maximum absolute atomic E-state index is 13.0. The Hall–Kier alpha value is -2.86. The van der Waals surface area contributed by atoms with E-state index >= 15 is 0 Å². The third-order valence-corrected chi connectivity index (χ3v) is 6.52. The molecule has 0 saturated heterocycles. The van der Waals surface area contributed by atoms with Crippen molar-refractivity contribution in [1.82, 2.24) is 4.98 Å². The molecule has 3 aromatic rings. The zero-order valence-corrected chi connectivity index (χ0v) is 16.7. The minimum Gasteiger partial charge on any atom is -0.452 e. The van der Waals surface area contributed by atoms with Gasteiger partial charge >= 0.3 is 5.97 Å². The molecule has 1 aliphatic carbocycles. The molecule has 6 heteroatoms. The van der Waals surface area contributed by atoms with E-state index in [1.165, 1.54) is 0 Å². The summed E-state index contributed by atoms with van der Waals surface area (Å²) in [6, 6.07) is 15.5. The van der Waals surface area contributed by atoms with Crippen LogP contribution in [0.3, 0.4) is 0 Å². The molecule has 1 amide bonds. The lowest BCUT2D eigenvalue weighted by Crippen LogP contribution is -2.38. The number of benzene rings is 2. The zero-order valence-electron chi connectivity index (χ0n) is 15.9. The molecule has 5 rings (SSSR count). The Labute approximate surface area is 173 Å². The van der Waals surface area contributed by atoms with Crippen molar-refractivity contribution in [3.8, 4) is 0 Å². The summed E-state index contributed by atoms with van der Waals surface area (Å²) in [6.45, 7) is 0.356. The van der Waals surface area contributed by atoms with Gasteiger partial charge in [-0.25, -0.2) is 4.79 Å². The number of thioether (sulfide) groups is 1. The molecular formula is C23H20N2O3S. The SMILES string of the molecule is O=C(OCC(=O)N1CCSc2ccccc21)c1c2c(nc3ccccc13)CCC2. The number of hydrogen-bond donors (Lipinski definition) is 0. The van der Waals surface area contributed by atoms with Crippen molar-refractivity contribution in [2.24, 2.45) is 0 Å². The van der Waals surface area contributed by atoms with E-state index < -0.39 is 5.97 Å². The van der Waals surface area contributed by atoms with Gasteiger partial charge in [-0.3, -0.25) is 9.78 Å². The van der Waals surface area contributed by atoms with Gasteiger partial charge < -0.3 is 9.64 Å². The average Bonchev–Trinajstić information content (AvgIpc) is 3.23. The molecule has 0 unspecified atom stereocenters. The van der Waals surface area contributed by atoms with E-state index in [4.69, 9.17) is 9.72 Å². The molecule has 1 aliphatic heterocycles. The van der Waals surface area contributed by atoms with E-state index in [9.17, 15) is 9.59 Å². The smallest absolute Gasteiger partial charge is 0.339 e. The van der Waals surface area contributed by atoms with E-state index in [1.807, 2.05) is 48.5 Å². The van der Waals surface area contributed by atoms with Gasteiger partial charge in [-0.1, -0.05) is 30.3 Å². The van der Waals surface area contributed by atoms with Crippen molar-refractivity contribution in [2.75, 3.05) is 23.8 Å². The highest BCUT2D eigenvalue weighted by Gasteiger charge is 2.27. The molecular weight excluding hydrogens is 384 g/mol. The number of amides is 1. The van der Waals surface area contributed by atoms with E-state index in [0.717, 1.165) is 57.8 Å². The van der Waals surface area contributed by atoms with Gasteiger partial charge in [0.05, 0.1) is 16.8 Å². The standard InChI is InChI=1S/C23H20N2O3S/c26-21(25-12-13-29-20-11-4-3-10-19(20)25)14-28-23(27)22-15-6-1-2-8-17(15)24-18-9-5-7-16(18)22/h1-4,6,8,10-11H,5,7,9,12-14H2. The topological polar surface area (TPSA) is 59.5 Å². The van der Waals surface area contributed by atoms with Crippen molar-refractivity contribution >= 4 is 40.2 Å². The Bertz CT molecular complexity index is 1130. The Kier molecular flexibility index (Phi) is 4.72. The normalized spacial score (nSPS) is 15.1. The van der Waals surface area contributed by atoms with Crippen molar-refractivity contribution in [1.29, 1.82) is 0 Å². The van der Waals surface area contributed by atoms with Crippen LogP contribution < -0.4 is 4.90 Å². The van der Waals surface area contributed by atoms with Crippen molar-refractivity contribution < 1.29 is 14.3 Å². The number of hydrogen-bond acceptors (Lipinski definition) is 5. The molecule has 146 valence electrons. The number of carbonyl (C=O) groups is 2. The molecule has 0 saturated carbocycles. The van der Waals surface area contributed by atoms with Gasteiger partial charge in [-0.2, -0.15) is 0 Å². The monoisotopic (exact) mass is 404 g/mol. The number of rotatable bonds is 3. The molecule has 0 radical (unpaired) electrons. The first kappa shape index (κ1) is 18.2. The summed E-state index contributed by atoms with van der Waals surface area (Å²) < 4.78 is 5.53. The van der Waals surface area contributed by atoms with Gasteiger partial charge in [-0.05, 0) is 43.0 Å². The number of anilines is 1. The van der Waals surface area contributed by atoms with Gasteiger partial charge in [0, 0.05) is 28.3 Å². The molecule has 0 bridgehead atoms. The van der Waals surface area contributed by atoms with Gasteiger partial charge in [0.15, 0.2) is 6.61 Å². The summed E-state index contributed by atoms with van der Waals surface area (Å²) >= 11 is 1.74. The Balaban J connectivity index is 1.39. The first-order chi connectivity index (χ1) is 14.2. The third kappa shape index (κ3) is 3.27. The fraction of sp³-hybridized carbons (Fsp3) is 0.261. The van der Waals surface area contributed by atoms with Crippen molar-refractivity contribution in [3.63, 3.8) is 0 Å². The maximum Gasteiger partial charge on any atom is 0.339 e. The maximum atomic E-state index is 13.0. The summed E-state index contributed by atoms with van der Waals surface area (Å²) in [7, 11) is 0. The van der Waals surface area contributed by atoms with Crippen LogP contribution in [-0.2, 0) is 22.4 Å². The molecule has 0 N–H and O–H groups in total. The third-order valence-electron chi connectivity index (χ3n) is 5.48. The van der Waals surface area contributed by atoms with Crippen LogP contribution in [0.25, 0.3) is 10.9 Å². The van der Waals surface area contributed by atoms with E-state index in [2.05, 4.69) is 0 Å². The Morgan fingerprint density at radius 3 is 2.83 bits per heavy atom. The first-order valence-corrected chi connectivity index (χ1v) is 10.8. The van der Waals surface area contributed by atoms with Crippen LogP contribution in [0.4, 0.5) is 5.69 Å². The number of aromatic nitrogens is 1. The molecule has 5 nitrogen and oxygen atoms in total. The molecule has 2 aliphatic rings. The van der Waals surface area contributed by atoms with Crippen molar-refractivity contribution in [2.45, 2.75) is 24.2 Å². The fourth-order valence-electron chi connectivity index (χ4n) is 4.15. The molecule has 0 atom stereocenters. The molecule has 1 aromatic heterocycles. The predicted molar refractivity (Wildman–Crippen MR) is 114 cm³/mol. The minimum atomic E-state index is -0.435. The highest BCUT2D eigenvalue weighted by Crippen LogP contribution is 2.34. The van der Waals surface area contributed by atoms with Gasteiger partial charge in [0.2, 0.25) is 0 Å². The quantitative estimate of drug-likeness (QED) is 0.617. The molecule has 2 heterocycles. The van der Waals surface area contributed by atoms with E-state index in [-0.39, 0.29) is 12.5 Å². The predicted octanol–water partition coefficient (Wildman–Crippen LogP) is 4.02. The number of fused-ring (bicyclic) bond motifs is 3. The number of ether oxygens (including phenoxy) is 1. The largest absolute Gasteiger partial charge is 0.452 e. The highest BCUT2D eigenvalue weighted by atomic mass is 32.2. The molecule has 2 aromatic carbocycles. The van der Waals surface area contributed by atoms with Crippen LogP contribution in [-0.4, -0.2) is 35.8 Å². The Morgan fingerprint density at radius 1 is 1.07 bits per heavy atom. The van der Waals surface area contributed by atoms with Gasteiger partial charge in [0.25, 0.3) is 5.91 Å². The van der Waals surface area contributed by atoms with Crippen LogP contribution >= 0.6 is 11.8 Å². The van der Waals surface area contributed by atoms with Crippen molar-refractivity contribution in [3.05, 3.63) is 65.4 Å². The number of para-hydroxylation sites is 2. The molecule has 0 spiro atoms. The minimum absolute atomic E-state index is 0.193. The second-order valence-electron chi connectivity index (χ2n) is 7.22. The average molecular weight is 404 g/mol. The highest BCUT2D eigenvalue weighted by molar-refractivity contribution is 7.99. The van der Waals surface area contributed by atoms with Crippen LogP contribution in [0.15, 0.2) is 53.4 Å². The second-order valence-corrected chi connectivity index (χ2v) is 8.36. The summed E-state index contributed by atoms with van der Waals surface area (Å²) in [4.78, 5) is 33.4. The first-order valence-electron chi connectivity index (χ1n) is 9.82. The van der Waals surface area contributed by atoms with E-state index in [0.29, 0.717) is 12.1 Å². The molecule has 29 heavy (non-hydrogen) atoms. The lowest BCUT2D eigenvalue weighted by atomic mass is 10.0. The number of aryl methyl sites for hydroxylation is 1. The van der Waals surface area contributed by atoms with Crippen LogP contribution in [0.5, 0.6) is 0 Å².